The summed E-state index contributed by atoms with van der Waals surface area (Å²) in [6.45, 7) is 2.18. The zero-order chi connectivity index (χ0) is 13.0. The summed E-state index contributed by atoms with van der Waals surface area (Å²) in [6, 6.07) is 3.87. The van der Waals surface area contributed by atoms with Crippen LogP contribution in [-0.4, -0.2) is 21.6 Å². The Morgan fingerprint density at radius 3 is 2.78 bits per heavy atom. The molecule has 1 aromatic heterocycles. The summed E-state index contributed by atoms with van der Waals surface area (Å²) in [5.74, 6) is 0.381. The minimum absolute atomic E-state index is 0.249. The molecular weight excluding hydrogens is 228 g/mol. The lowest BCUT2D eigenvalue weighted by Crippen LogP contribution is -2.49. The predicted octanol–water partition coefficient (Wildman–Crippen LogP) is 1.68. The standard InChI is InChI=1S/C13H16N4O/c1-10-2-5-13(9-14,6-3-10)17-12(18)11-4-7-15-16-8-11/h4,7-8,10H,2-3,5-6H2,1H3,(H,17,18). The van der Waals surface area contributed by atoms with Crippen LogP contribution in [0.3, 0.4) is 0 Å². The van der Waals surface area contributed by atoms with E-state index in [0.717, 1.165) is 25.7 Å². The van der Waals surface area contributed by atoms with E-state index in [1.807, 2.05) is 0 Å². The second-order valence-electron chi connectivity index (χ2n) is 4.96. The van der Waals surface area contributed by atoms with E-state index in [2.05, 4.69) is 28.5 Å². The SMILES string of the molecule is CC1CCC(C#N)(NC(=O)c2ccnnc2)CC1. The van der Waals surface area contributed by atoms with E-state index < -0.39 is 5.54 Å². The van der Waals surface area contributed by atoms with E-state index >= 15 is 0 Å². The highest BCUT2D eigenvalue weighted by Crippen LogP contribution is 2.31. The molecule has 1 saturated carbocycles. The number of amides is 1. The Hall–Kier alpha value is -1.96. The number of rotatable bonds is 2. The van der Waals surface area contributed by atoms with Gasteiger partial charge in [-0.25, -0.2) is 0 Å². The van der Waals surface area contributed by atoms with Crippen LogP contribution in [0.2, 0.25) is 0 Å². The highest BCUT2D eigenvalue weighted by Gasteiger charge is 2.35. The second-order valence-corrected chi connectivity index (χ2v) is 4.96. The van der Waals surface area contributed by atoms with Crippen LogP contribution in [0.15, 0.2) is 18.5 Å². The first-order chi connectivity index (χ1) is 8.65. The molecule has 1 aliphatic rings. The molecule has 1 fully saturated rings. The molecule has 1 aromatic rings. The molecule has 0 saturated heterocycles. The van der Waals surface area contributed by atoms with Crippen LogP contribution >= 0.6 is 0 Å². The van der Waals surface area contributed by atoms with Crippen molar-refractivity contribution in [3.05, 3.63) is 24.0 Å². The number of hydrogen-bond acceptors (Lipinski definition) is 4. The van der Waals surface area contributed by atoms with Crippen molar-refractivity contribution in [1.29, 1.82) is 5.26 Å². The molecule has 1 N–H and O–H groups in total. The topological polar surface area (TPSA) is 78.7 Å². The van der Waals surface area contributed by atoms with Gasteiger partial charge < -0.3 is 5.32 Å². The van der Waals surface area contributed by atoms with Gasteiger partial charge in [0.2, 0.25) is 0 Å². The first-order valence-electron chi connectivity index (χ1n) is 6.16. The molecule has 0 bridgehead atoms. The number of nitriles is 1. The number of carbonyl (C=O) groups excluding carboxylic acids is 1. The predicted molar refractivity (Wildman–Crippen MR) is 65.5 cm³/mol. The van der Waals surface area contributed by atoms with E-state index in [1.165, 1.54) is 12.4 Å². The third-order valence-electron chi connectivity index (χ3n) is 3.54. The Morgan fingerprint density at radius 1 is 1.50 bits per heavy atom. The Balaban J connectivity index is 2.08. The lowest BCUT2D eigenvalue weighted by atomic mass is 9.78. The van der Waals surface area contributed by atoms with E-state index in [-0.39, 0.29) is 5.91 Å². The Labute approximate surface area is 106 Å². The molecule has 18 heavy (non-hydrogen) atoms. The van der Waals surface area contributed by atoms with Crippen molar-refractivity contribution in [1.82, 2.24) is 15.5 Å². The Morgan fingerprint density at radius 2 is 2.22 bits per heavy atom. The smallest absolute Gasteiger partial charge is 0.254 e. The maximum absolute atomic E-state index is 12.0. The van der Waals surface area contributed by atoms with Crippen LogP contribution in [0, 0.1) is 17.2 Å². The summed E-state index contributed by atoms with van der Waals surface area (Å²) in [5, 5.41) is 19.5. The number of hydrogen-bond donors (Lipinski definition) is 1. The Bertz CT molecular complexity index is 458. The van der Waals surface area contributed by atoms with Crippen molar-refractivity contribution in [3.8, 4) is 6.07 Å². The van der Waals surface area contributed by atoms with Crippen molar-refractivity contribution in [2.75, 3.05) is 0 Å². The van der Waals surface area contributed by atoms with Crippen LogP contribution in [0.5, 0.6) is 0 Å². The quantitative estimate of drug-likeness (QED) is 0.858. The van der Waals surface area contributed by atoms with Gasteiger partial charge in [-0.15, -0.1) is 0 Å². The molecule has 5 heteroatoms. The van der Waals surface area contributed by atoms with E-state index in [9.17, 15) is 10.1 Å². The van der Waals surface area contributed by atoms with Gasteiger partial charge in [0.15, 0.2) is 0 Å². The van der Waals surface area contributed by atoms with E-state index in [1.54, 1.807) is 6.07 Å². The zero-order valence-electron chi connectivity index (χ0n) is 10.4. The third-order valence-corrected chi connectivity index (χ3v) is 3.54. The first kappa shape index (κ1) is 12.5. The van der Waals surface area contributed by atoms with Gasteiger partial charge >= 0.3 is 0 Å². The van der Waals surface area contributed by atoms with Crippen LogP contribution in [0.4, 0.5) is 0 Å². The van der Waals surface area contributed by atoms with Crippen LogP contribution in [0.25, 0.3) is 0 Å². The average molecular weight is 244 g/mol. The van der Waals surface area contributed by atoms with Gasteiger partial charge in [-0.05, 0) is 37.7 Å². The number of carbonyl (C=O) groups is 1. The van der Waals surface area contributed by atoms with Crippen LogP contribution in [-0.2, 0) is 0 Å². The van der Waals surface area contributed by atoms with Crippen molar-refractivity contribution in [2.24, 2.45) is 5.92 Å². The molecular formula is C13H16N4O. The fourth-order valence-electron chi connectivity index (χ4n) is 2.23. The molecule has 1 amide bonds. The molecule has 0 unspecified atom stereocenters. The molecule has 0 aliphatic heterocycles. The van der Waals surface area contributed by atoms with Gasteiger partial charge in [0, 0.05) is 0 Å². The van der Waals surface area contributed by atoms with Crippen LogP contribution < -0.4 is 5.32 Å². The molecule has 94 valence electrons. The fourth-order valence-corrected chi connectivity index (χ4v) is 2.23. The summed E-state index contributed by atoms with van der Waals surface area (Å²) in [5.41, 5.74) is -0.273. The molecule has 1 aliphatic carbocycles. The van der Waals surface area contributed by atoms with Gasteiger partial charge in [0.05, 0.1) is 24.0 Å². The first-order valence-corrected chi connectivity index (χ1v) is 6.16. The molecule has 1 heterocycles. The number of aromatic nitrogens is 2. The number of nitrogens with one attached hydrogen (secondary N) is 1. The number of nitrogens with zero attached hydrogens (tertiary/aromatic N) is 3. The summed E-state index contributed by atoms with van der Waals surface area (Å²) in [7, 11) is 0. The maximum atomic E-state index is 12.0. The van der Waals surface area contributed by atoms with Crippen LogP contribution in [0.1, 0.15) is 43.0 Å². The third kappa shape index (κ3) is 2.65. The minimum Gasteiger partial charge on any atom is -0.334 e. The highest BCUT2D eigenvalue weighted by molar-refractivity contribution is 5.94. The monoisotopic (exact) mass is 244 g/mol. The Kier molecular flexibility index (Phi) is 3.56. The lowest BCUT2D eigenvalue weighted by molar-refractivity contribution is 0.0893. The van der Waals surface area contributed by atoms with E-state index in [0.29, 0.717) is 11.5 Å². The van der Waals surface area contributed by atoms with Crippen molar-refractivity contribution in [3.63, 3.8) is 0 Å². The molecule has 0 aromatic carbocycles. The molecule has 0 spiro atoms. The van der Waals surface area contributed by atoms with Crippen molar-refractivity contribution >= 4 is 5.91 Å². The van der Waals surface area contributed by atoms with E-state index in [4.69, 9.17) is 0 Å². The molecule has 0 radical (unpaired) electrons. The van der Waals surface area contributed by atoms with Crippen molar-refractivity contribution in [2.45, 2.75) is 38.1 Å². The largest absolute Gasteiger partial charge is 0.334 e. The van der Waals surface area contributed by atoms with Gasteiger partial charge in [-0.2, -0.15) is 15.5 Å². The molecule has 0 atom stereocenters. The molecule has 2 rings (SSSR count). The van der Waals surface area contributed by atoms with Gasteiger partial charge in [-0.1, -0.05) is 6.92 Å². The maximum Gasteiger partial charge on any atom is 0.254 e. The van der Waals surface area contributed by atoms with Gasteiger partial charge in [-0.3, -0.25) is 4.79 Å². The zero-order valence-corrected chi connectivity index (χ0v) is 10.4. The van der Waals surface area contributed by atoms with Gasteiger partial charge in [0.1, 0.15) is 5.54 Å². The summed E-state index contributed by atoms with van der Waals surface area (Å²) in [4.78, 5) is 12.0. The molecule has 5 nitrogen and oxygen atoms in total. The fraction of sp³-hybridized carbons (Fsp3) is 0.538. The summed E-state index contributed by atoms with van der Waals surface area (Å²) < 4.78 is 0. The van der Waals surface area contributed by atoms with Gasteiger partial charge in [0.25, 0.3) is 5.91 Å². The average Bonchev–Trinajstić information content (AvgIpc) is 2.43. The minimum atomic E-state index is -0.715. The highest BCUT2D eigenvalue weighted by atomic mass is 16.1. The lowest BCUT2D eigenvalue weighted by Gasteiger charge is -2.34. The summed E-state index contributed by atoms with van der Waals surface area (Å²) >= 11 is 0. The normalized spacial score (nSPS) is 27.2. The second kappa shape index (κ2) is 5.13. The van der Waals surface area contributed by atoms with Crippen molar-refractivity contribution < 1.29 is 4.79 Å². The summed E-state index contributed by atoms with van der Waals surface area (Å²) in [6.07, 6.45) is 6.26.